The molecule has 0 spiro atoms. The molecule has 0 saturated heterocycles. The Morgan fingerprint density at radius 1 is 0.562 bits per heavy atom. The largest absolute Gasteiger partial charge is 0.0648 e. The van der Waals surface area contributed by atoms with E-state index in [-0.39, 0.29) is 0 Å². The number of hydrogen-bond acceptors (Lipinski definition) is 0. The Bertz CT molecular complexity index is 180. The molecule has 2 rings (SSSR count). The fourth-order valence-electron chi connectivity index (χ4n) is 4.97. The highest BCUT2D eigenvalue weighted by Crippen LogP contribution is 2.60. The first kappa shape index (κ1) is 12.5. The zero-order valence-electron chi connectivity index (χ0n) is 11.5. The maximum atomic E-state index is 2.47. The van der Waals surface area contributed by atoms with Crippen LogP contribution in [-0.2, 0) is 0 Å². The highest BCUT2D eigenvalue weighted by atomic mass is 14.5. The van der Waals surface area contributed by atoms with Crippen LogP contribution in [0.1, 0.15) is 90.9 Å². The predicted octanol–water partition coefficient (Wildman–Crippen LogP) is 5.71. The first-order chi connectivity index (χ1) is 7.79. The smallest absolute Gasteiger partial charge is 0.0244 e. The van der Waals surface area contributed by atoms with Gasteiger partial charge < -0.3 is 0 Å². The minimum atomic E-state index is 0.737. The minimum Gasteiger partial charge on any atom is -0.0648 e. The second-order valence-electron chi connectivity index (χ2n) is 6.39. The van der Waals surface area contributed by atoms with Gasteiger partial charge in [-0.25, -0.2) is 0 Å². The second-order valence-corrected chi connectivity index (χ2v) is 6.39. The van der Waals surface area contributed by atoms with Crippen molar-refractivity contribution < 1.29 is 0 Å². The van der Waals surface area contributed by atoms with E-state index >= 15 is 0 Å². The molecule has 2 fully saturated rings. The molecule has 16 heavy (non-hydrogen) atoms. The summed E-state index contributed by atoms with van der Waals surface area (Å²) < 4.78 is 0. The molecule has 0 amide bonds. The zero-order valence-corrected chi connectivity index (χ0v) is 11.5. The molecule has 0 radical (unpaired) electrons. The standard InChI is InChI=1S/C16H30/c1-3-15(11-7-5-8-12-15)16(4-2)13-9-6-10-14-16/h3-14H2,1-2H3. The lowest BCUT2D eigenvalue weighted by Gasteiger charge is -2.55. The van der Waals surface area contributed by atoms with Crippen LogP contribution in [0.5, 0.6) is 0 Å². The third kappa shape index (κ3) is 1.93. The summed E-state index contributed by atoms with van der Waals surface area (Å²) in [5.74, 6) is 0. The van der Waals surface area contributed by atoms with Crippen LogP contribution in [0.2, 0.25) is 0 Å². The Balaban J connectivity index is 2.21. The van der Waals surface area contributed by atoms with Crippen LogP contribution >= 0.6 is 0 Å². The lowest BCUT2D eigenvalue weighted by atomic mass is 9.50. The summed E-state index contributed by atoms with van der Waals surface area (Å²) in [6.45, 7) is 4.94. The monoisotopic (exact) mass is 222 g/mol. The van der Waals surface area contributed by atoms with Gasteiger partial charge in [-0.2, -0.15) is 0 Å². The first-order valence-electron chi connectivity index (χ1n) is 7.79. The second kappa shape index (κ2) is 5.10. The van der Waals surface area contributed by atoms with Crippen molar-refractivity contribution in [1.29, 1.82) is 0 Å². The van der Waals surface area contributed by atoms with E-state index in [0.717, 1.165) is 10.8 Å². The summed E-state index contributed by atoms with van der Waals surface area (Å²) in [7, 11) is 0. The number of hydrogen-bond donors (Lipinski definition) is 0. The SMILES string of the molecule is CCC1(C2(CC)CCCCC2)CCCCC1. The van der Waals surface area contributed by atoms with E-state index in [0.29, 0.717) is 0 Å². The lowest BCUT2D eigenvalue weighted by Crippen LogP contribution is -2.44. The molecule has 0 aromatic carbocycles. The highest BCUT2D eigenvalue weighted by Gasteiger charge is 2.48. The van der Waals surface area contributed by atoms with Crippen LogP contribution in [0.15, 0.2) is 0 Å². The van der Waals surface area contributed by atoms with Crippen molar-refractivity contribution in [3.8, 4) is 0 Å². The number of rotatable bonds is 3. The summed E-state index contributed by atoms with van der Waals surface area (Å²) >= 11 is 0. The Hall–Kier alpha value is 0. The van der Waals surface area contributed by atoms with Crippen LogP contribution in [0.25, 0.3) is 0 Å². The fourth-order valence-corrected chi connectivity index (χ4v) is 4.97. The Kier molecular flexibility index (Phi) is 3.97. The van der Waals surface area contributed by atoms with Crippen molar-refractivity contribution in [2.24, 2.45) is 10.8 Å². The van der Waals surface area contributed by atoms with Gasteiger partial charge in [0.2, 0.25) is 0 Å². The molecular formula is C16H30. The summed E-state index contributed by atoms with van der Waals surface area (Å²) in [6.07, 6.45) is 18.1. The average molecular weight is 222 g/mol. The van der Waals surface area contributed by atoms with Gasteiger partial charge >= 0.3 is 0 Å². The normalized spacial score (nSPS) is 28.9. The van der Waals surface area contributed by atoms with Crippen LogP contribution in [0.4, 0.5) is 0 Å². The van der Waals surface area contributed by atoms with Gasteiger partial charge in [-0.1, -0.05) is 52.4 Å². The van der Waals surface area contributed by atoms with Gasteiger partial charge in [0.25, 0.3) is 0 Å². The molecule has 0 heteroatoms. The summed E-state index contributed by atoms with van der Waals surface area (Å²) in [5.41, 5.74) is 1.47. The van der Waals surface area contributed by atoms with Gasteiger partial charge in [-0.05, 0) is 49.4 Å². The van der Waals surface area contributed by atoms with Gasteiger partial charge in [0.1, 0.15) is 0 Å². The Morgan fingerprint density at radius 2 is 0.875 bits per heavy atom. The van der Waals surface area contributed by atoms with E-state index in [1.54, 1.807) is 0 Å². The van der Waals surface area contributed by atoms with Gasteiger partial charge in [0.15, 0.2) is 0 Å². The molecule has 0 aromatic rings. The van der Waals surface area contributed by atoms with Gasteiger partial charge in [-0.15, -0.1) is 0 Å². The molecule has 2 aliphatic rings. The minimum absolute atomic E-state index is 0.737. The Morgan fingerprint density at radius 3 is 1.12 bits per heavy atom. The van der Waals surface area contributed by atoms with E-state index in [9.17, 15) is 0 Å². The van der Waals surface area contributed by atoms with Crippen molar-refractivity contribution in [2.75, 3.05) is 0 Å². The van der Waals surface area contributed by atoms with E-state index in [1.165, 1.54) is 77.0 Å². The van der Waals surface area contributed by atoms with Crippen LogP contribution in [0.3, 0.4) is 0 Å². The molecular weight excluding hydrogens is 192 g/mol. The molecule has 0 heterocycles. The summed E-state index contributed by atoms with van der Waals surface area (Å²) in [6, 6.07) is 0. The first-order valence-corrected chi connectivity index (χ1v) is 7.79. The fraction of sp³-hybridized carbons (Fsp3) is 1.00. The molecule has 2 aliphatic carbocycles. The molecule has 0 aromatic heterocycles. The summed E-state index contributed by atoms with van der Waals surface area (Å²) in [5, 5.41) is 0. The maximum absolute atomic E-state index is 2.47. The molecule has 0 atom stereocenters. The van der Waals surface area contributed by atoms with Crippen molar-refractivity contribution in [3.63, 3.8) is 0 Å². The maximum Gasteiger partial charge on any atom is -0.0244 e. The van der Waals surface area contributed by atoms with Crippen LogP contribution in [0, 0.1) is 10.8 Å². The van der Waals surface area contributed by atoms with Crippen molar-refractivity contribution in [2.45, 2.75) is 90.9 Å². The third-order valence-electron chi connectivity index (χ3n) is 6.10. The van der Waals surface area contributed by atoms with Gasteiger partial charge in [-0.3, -0.25) is 0 Å². The van der Waals surface area contributed by atoms with E-state index in [1.807, 2.05) is 0 Å². The Labute approximate surface area is 102 Å². The van der Waals surface area contributed by atoms with Gasteiger partial charge in [0.05, 0.1) is 0 Å². The van der Waals surface area contributed by atoms with Gasteiger partial charge in [0, 0.05) is 0 Å². The van der Waals surface area contributed by atoms with E-state index in [4.69, 9.17) is 0 Å². The topological polar surface area (TPSA) is 0 Å². The van der Waals surface area contributed by atoms with E-state index < -0.39 is 0 Å². The predicted molar refractivity (Wildman–Crippen MR) is 71.6 cm³/mol. The lowest BCUT2D eigenvalue weighted by molar-refractivity contribution is -0.0413. The highest BCUT2D eigenvalue weighted by molar-refractivity contribution is 4.99. The van der Waals surface area contributed by atoms with Crippen LogP contribution < -0.4 is 0 Å². The molecule has 0 bridgehead atoms. The average Bonchev–Trinajstić information content (AvgIpc) is 2.40. The summed E-state index contributed by atoms with van der Waals surface area (Å²) in [4.78, 5) is 0. The molecule has 0 unspecified atom stereocenters. The van der Waals surface area contributed by atoms with Crippen molar-refractivity contribution in [3.05, 3.63) is 0 Å². The molecule has 2 saturated carbocycles. The van der Waals surface area contributed by atoms with Crippen LogP contribution in [-0.4, -0.2) is 0 Å². The molecule has 0 nitrogen and oxygen atoms in total. The molecule has 0 aliphatic heterocycles. The molecule has 0 N–H and O–H groups in total. The quantitative estimate of drug-likeness (QED) is 0.574. The van der Waals surface area contributed by atoms with Crippen molar-refractivity contribution >= 4 is 0 Å². The molecule has 94 valence electrons. The van der Waals surface area contributed by atoms with E-state index in [2.05, 4.69) is 13.8 Å². The zero-order chi connectivity index (χ0) is 11.5. The van der Waals surface area contributed by atoms with Crippen molar-refractivity contribution in [1.82, 2.24) is 0 Å². The third-order valence-corrected chi connectivity index (χ3v) is 6.10.